The van der Waals surface area contributed by atoms with Crippen molar-refractivity contribution in [2.75, 3.05) is 0 Å². The zero-order chi connectivity index (χ0) is 15.0. The first-order valence-electron chi connectivity index (χ1n) is 6.66. The molecule has 0 unspecified atom stereocenters. The van der Waals surface area contributed by atoms with Crippen molar-refractivity contribution in [2.24, 2.45) is 7.05 Å². The van der Waals surface area contributed by atoms with Crippen molar-refractivity contribution in [1.82, 2.24) is 20.0 Å². The van der Waals surface area contributed by atoms with E-state index in [-0.39, 0.29) is 5.78 Å². The molecule has 0 aliphatic rings. The molecule has 0 amide bonds. The average Bonchev–Trinajstić information content (AvgIpc) is 3.00. The predicted octanol–water partition coefficient (Wildman–Crippen LogP) is 2.39. The molecule has 1 aromatic carbocycles. The summed E-state index contributed by atoms with van der Waals surface area (Å²) < 4.78 is 7.56. The predicted molar refractivity (Wildman–Crippen MR) is 78.4 cm³/mol. The number of carbonyl (C=O) groups is 1. The van der Waals surface area contributed by atoms with Gasteiger partial charge in [0.1, 0.15) is 23.7 Å². The summed E-state index contributed by atoms with van der Waals surface area (Å²) in [6.45, 7) is 3.88. The lowest BCUT2D eigenvalue weighted by molar-refractivity contribution is 0.101. The molecule has 2 heterocycles. The molecule has 0 atom stereocenters. The molecule has 0 aliphatic heterocycles. The van der Waals surface area contributed by atoms with E-state index < -0.39 is 0 Å². The fourth-order valence-corrected chi connectivity index (χ4v) is 2.21. The van der Waals surface area contributed by atoms with Gasteiger partial charge in [-0.15, -0.1) is 0 Å². The summed E-state index contributed by atoms with van der Waals surface area (Å²) >= 11 is 0. The number of hydrogen-bond acceptors (Lipinski definition) is 4. The summed E-state index contributed by atoms with van der Waals surface area (Å²) in [5, 5.41) is 12.0. The number of Topliss-reactive ketones (excluding diaryl/α,β-unsaturated/α-hetero) is 1. The number of nitrogens with zero attached hydrogens (tertiary/aromatic N) is 3. The van der Waals surface area contributed by atoms with Gasteiger partial charge in [-0.25, -0.2) is 0 Å². The molecule has 2 aromatic heterocycles. The lowest BCUT2D eigenvalue weighted by Crippen LogP contribution is -1.98. The summed E-state index contributed by atoms with van der Waals surface area (Å²) in [7, 11) is 1.90. The summed E-state index contributed by atoms with van der Waals surface area (Å²) in [5.41, 5.74) is 3.21. The van der Waals surface area contributed by atoms with Gasteiger partial charge in [-0.1, -0.05) is 0 Å². The van der Waals surface area contributed by atoms with Gasteiger partial charge in [-0.05, 0) is 31.2 Å². The van der Waals surface area contributed by atoms with E-state index in [0.29, 0.717) is 18.1 Å². The Kier molecular flexibility index (Phi) is 3.21. The second kappa shape index (κ2) is 5.05. The molecule has 3 rings (SSSR count). The molecule has 3 aromatic rings. The Morgan fingerprint density at radius 2 is 2.19 bits per heavy atom. The van der Waals surface area contributed by atoms with Crippen molar-refractivity contribution in [2.45, 2.75) is 20.5 Å². The van der Waals surface area contributed by atoms with Crippen molar-refractivity contribution in [3.8, 4) is 5.75 Å². The SMILES string of the molecule is CC(=O)c1n[nH]c2ccc(OCc3cc(C)n(C)n3)cc12. The molecule has 6 nitrogen and oxygen atoms in total. The number of aromatic nitrogens is 4. The normalized spacial score (nSPS) is 11.0. The van der Waals surface area contributed by atoms with Crippen LogP contribution in [0.5, 0.6) is 5.75 Å². The zero-order valence-electron chi connectivity index (χ0n) is 12.2. The van der Waals surface area contributed by atoms with E-state index in [9.17, 15) is 4.79 Å². The van der Waals surface area contributed by atoms with Gasteiger partial charge in [0.05, 0.1) is 5.52 Å². The molecule has 0 bridgehead atoms. The maximum atomic E-state index is 11.5. The quantitative estimate of drug-likeness (QED) is 0.747. The van der Waals surface area contributed by atoms with Crippen LogP contribution in [0.1, 0.15) is 28.8 Å². The molecule has 1 N–H and O–H groups in total. The number of benzene rings is 1. The van der Waals surface area contributed by atoms with Gasteiger partial charge >= 0.3 is 0 Å². The lowest BCUT2D eigenvalue weighted by Gasteiger charge is -2.04. The van der Waals surface area contributed by atoms with Gasteiger partial charge in [-0.2, -0.15) is 10.2 Å². The second-order valence-electron chi connectivity index (χ2n) is 5.03. The molecule has 108 valence electrons. The van der Waals surface area contributed by atoms with Crippen LogP contribution < -0.4 is 4.74 Å². The molecular weight excluding hydrogens is 268 g/mol. The Hall–Kier alpha value is -2.63. The third-order valence-corrected chi connectivity index (χ3v) is 3.42. The highest BCUT2D eigenvalue weighted by atomic mass is 16.5. The minimum Gasteiger partial charge on any atom is -0.487 e. The van der Waals surface area contributed by atoms with E-state index in [1.54, 1.807) is 0 Å². The van der Waals surface area contributed by atoms with E-state index in [1.807, 2.05) is 42.9 Å². The molecule has 6 heteroatoms. The number of fused-ring (bicyclic) bond motifs is 1. The van der Waals surface area contributed by atoms with Crippen LogP contribution in [-0.4, -0.2) is 25.8 Å². The van der Waals surface area contributed by atoms with Gasteiger partial charge in [0.15, 0.2) is 5.78 Å². The molecule has 0 saturated carbocycles. The van der Waals surface area contributed by atoms with Crippen molar-refractivity contribution in [1.29, 1.82) is 0 Å². The lowest BCUT2D eigenvalue weighted by atomic mass is 10.1. The van der Waals surface area contributed by atoms with E-state index in [0.717, 1.165) is 22.3 Å². The first-order chi connectivity index (χ1) is 10.0. The average molecular weight is 284 g/mol. The van der Waals surface area contributed by atoms with Gasteiger partial charge in [0.25, 0.3) is 0 Å². The van der Waals surface area contributed by atoms with Crippen LogP contribution in [-0.2, 0) is 13.7 Å². The first kappa shape index (κ1) is 13.4. The Balaban J connectivity index is 1.83. The van der Waals surface area contributed by atoms with E-state index in [1.165, 1.54) is 6.92 Å². The number of hydrogen-bond donors (Lipinski definition) is 1. The first-order valence-corrected chi connectivity index (χ1v) is 6.66. The third kappa shape index (κ3) is 2.52. The van der Waals surface area contributed by atoms with E-state index in [4.69, 9.17) is 4.74 Å². The van der Waals surface area contributed by atoms with Gasteiger partial charge in [0.2, 0.25) is 0 Å². The Labute approximate surface area is 121 Å². The number of rotatable bonds is 4. The largest absolute Gasteiger partial charge is 0.487 e. The van der Waals surface area contributed by atoms with Crippen LogP contribution in [0.4, 0.5) is 0 Å². The van der Waals surface area contributed by atoms with E-state index >= 15 is 0 Å². The molecule has 0 radical (unpaired) electrons. The van der Waals surface area contributed by atoms with Crippen LogP contribution in [0.2, 0.25) is 0 Å². The third-order valence-electron chi connectivity index (χ3n) is 3.42. The minimum absolute atomic E-state index is 0.0706. The van der Waals surface area contributed by atoms with Crippen LogP contribution in [0, 0.1) is 6.92 Å². The van der Waals surface area contributed by atoms with Crippen LogP contribution in [0.15, 0.2) is 24.3 Å². The molecule has 0 spiro atoms. The van der Waals surface area contributed by atoms with Crippen molar-refractivity contribution < 1.29 is 9.53 Å². The number of H-pyrrole nitrogens is 1. The Morgan fingerprint density at radius 1 is 1.38 bits per heavy atom. The topological polar surface area (TPSA) is 72.8 Å². The van der Waals surface area contributed by atoms with Crippen LogP contribution in [0.3, 0.4) is 0 Å². The summed E-state index contributed by atoms with van der Waals surface area (Å²) in [6.07, 6.45) is 0. The summed E-state index contributed by atoms with van der Waals surface area (Å²) in [4.78, 5) is 11.5. The van der Waals surface area contributed by atoms with Gasteiger partial charge in [0, 0.05) is 25.1 Å². The zero-order valence-corrected chi connectivity index (χ0v) is 12.2. The van der Waals surface area contributed by atoms with Crippen molar-refractivity contribution >= 4 is 16.7 Å². The number of aromatic amines is 1. The van der Waals surface area contributed by atoms with Crippen LogP contribution in [0.25, 0.3) is 10.9 Å². The Bertz CT molecular complexity index is 797. The van der Waals surface area contributed by atoms with E-state index in [2.05, 4.69) is 15.3 Å². The summed E-state index contributed by atoms with van der Waals surface area (Å²) in [6, 6.07) is 7.51. The maximum absolute atomic E-state index is 11.5. The molecule has 0 saturated heterocycles. The molecule has 0 aliphatic carbocycles. The highest BCUT2D eigenvalue weighted by Crippen LogP contribution is 2.23. The van der Waals surface area contributed by atoms with Gasteiger partial charge < -0.3 is 4.74 Å². The minimum atomic E-state index is -0.0706. The molecular formula is C15H16N4O2. The maximum Gasteiger partial charge on any atom is 0.180 e. The van der Waals surface area contributed by atoms with Crippen molar-refractivity contribution in [3.05, 3.63) is 41.3 Å². The number of ketones is 1. The molecule has 0 fully saturated rings. The Morgan fingerprint density at radius 3 is 2.86 bits per heavy atom. The number of aryl methyl sites for hydroxylation is 2. The number of nitrogens with one attached hydrogen (secondary N) is 1. The molecule has 21 heavy (non-hydrogen) atoms. The second-order valence-corrected chi connectivity index (χ2v) is 5.03. The smallest absolute Gasteiger partial charge is 0.180 e. The summed E-state index contributed by atoms with van der Waals surface area (Å²) in [5.74, 6) is 0.619. The highest BCUT2D eigenvalue weighted by molar-refractivity contribution is 6.04. The fraction of sp³-hybridized carbons (Fsp3) is 0.267. The standard InChI is InChI=1S/C15H16N4O2/c1-9-6-11(18-19(9)3)8-21-12-4-5-14-13(7-12)15(10(2)20)17-16-14/h4-7H,8H2,1-3H3,(H,16,17). The fourth-order valence-electron chi connectivity index (χ4n) is 2.21. The monoisotopic (exact) mass is 284 g/mol. The highest BCUT2D eigenvalue weighted by Gasteiger charge is 2.11. The van der Waals surface area contributed by atoms with Crippen molar-refractivity contribution in [3.63, 3.8) is 0 Å². The van der Waals surface area contributed by atoms with Gasteiger partial charge in [-0.3, -0.25) is 14.6 Å². The number of ether oxygens (including phenoxy) is 1. The van der Waals surface area contributed by atoms with Crippen LogP contribution >= 0.6 is 0 Å². The number of carbonyl (C=O) groups excluding carboxylic acids is 1.